The SMILES string of the molecule is N#CC1CC(F)(F)CN1C(=O)CN1CCC(Nc2ccc3ccccc3c2)C1. The molecule has 2 aliphatic rings. The molecule has 2 heterocycles. The van der Waals surface area contributed by atoms with Gasteiger partial charge in [-0.15, -0.1) is 0 Å². The number of hydrogen-bond acceptors (Lipinski definition) is 4. The highest BCUT2D eigenvalue weighted by molar-refractivity contribution is 5.85. The van der Waals surface area contributed by atoms with Crippen LogP contribution in [0.2, 0.25) is 0 Å². The van der Waals surface area contributed by atoms with Crippen LogP contribution in [-0.4, -0.2) is 59.9 Å². The average Bonchev–Trinajstić information content (AvgIpc) is 3.24. The van der Waals surface area contributed by atoms with Crippen molar-refractivity contribution in [3.05, 3.63) is 42.5 Å². The van der Waals surface area contributed by atoms with E-state index in [1.807, 2.05) is 29.2 Å². The molecule has 2 unspecified atom stereocenters. The number of carbonyl (C=O) groups is 1. The molecule has 1 N–H and O–H groups in total. The van der Waals surface area contributed by atoms with Gasteiger partial charge in [-0.2, -0.15) is 5.26 Å². The minimum Gasteiger partial charge on any atom is -0.381 e. The van der Waals surface area contributed by atoms with Crippen LogP contribution in [0.1, 0.15) is 12.8 Å². The third kappa shape index (κ3) is 3.92. The smallest absolute Gasteiger partial charge is 0.268 e. The number of rotatable bonds is 4. The van der Waals surface area contributed by atoms with E-state index in [2.05, 4.69) is 29.6 Å². The van der Waals surface area contributed by atoms with Gasteiger partial charge in [-0.1, -0.05) is 30.3 Å². The van der Waals surface area contributed by atoms with Gasteiger partial charge in [-0.3, -0.25) is 9.69 Å². The molecule has 0 bridgehead atoms. The van der Waals surface area contributed by atoms with Gasteiger partial charge in [-0.05, 0) is 29.3 Å². The van der Waals surface area contributed by atoms with Crippen LogP contribution in [0.3, 0.4) is 0 Å². The van der Waals surface area contributed by atoms with E-state index in [1.54, 1.807) is 0 Å². The van der Waals surface area contributed by atoms with Gasteiger partial charge in [0.15, 0.2) is 0 Å². The molecule has 146 valence electrons. The van der Waals surface area contributed by atoms with E-state index >= 15 is 0 Å². The number of fused-ring (bicyclic) bond motifs is 1. The van der Waals surface area contributed by atoms with Crippen molar-refractivity contribution in [3.63, 3.8) is 0 Å². The van der Waals surface area contributed by atoms with Crippen LogP contribution in [0.5, 0.6) is 0 Å². The average molecular weight is 384 g/mol. The van der Waals surface area contributed by atoms with Gasteiger partial charge in [0, 0.05) is 31.2 Å². The Labute approximate surface area is 162 Å². The largest absolute Gasteiger partial charge is 0.381 e. The summed E-state index contributed by atoms with van der Waals surface area (Å²) in [6.07, 6.45) is 0.305. The zero-order valence-corrected chi connectivity index (χ0v) is 15.4. The Morgan fingerprint density at radius 2 is 2.04 bits per heavy atom. The Kier molecular flexibility index (Phi) is 4.90. The van der Waals surface area contributed by atoms with Gasteiger partial charge in [0.25, 0.3) is 5.92 Å². The highest BCUT2D eigenvalue weighted by atomic mass is 19.3. The molecular weight excluding hydrogens is 362 g/mol. The van der Waals surface area contributed by atoms with E-state index < -0.39 is 30.8 Å². The van der Waals surface area contributed by atoms with Gasteiger partial charge >= 0.3 is 0 Å². The quantitative estimate of drug-likeness (QED) is 0.880. The maximum absolute atomic E-state index is 13.6. The first-order chi connectivity index (χ1) is 13.4. The highest BCUT2D eigenvalue weighted by Gasteiger charge is 2.47. The number of carbonyl (C=O) groups excluding carboxylic acids is 1. The molecule has 0 saturated carbocycles. The van der Waals surface area contributed by atoms with Crippen molar-refractivity contribution in [2.45, 2.75) is 30.8 Å². The summed E-state index contributed by atoms with van der Waals surface area (Å²) in [5.74, 6) is -3.36. The second kappa shape index (κ2) is 7.36. The number of nitrogens with one attached hydrogen (secondary N) is 1. The molecular formula is C21H22F2N4O. The van der Waals surface area contributed by atoms with E-state index in [0.29, 0.717) is 6.54 Å². The number of benzene rings is 2. The number of amides is 1. The first-order valence-electron chi connectivity index (χ1n) is 9.48. The lowest BCUT2D eigenvalue weighted by molar-refractivity contribution is -0.133. The molecule has 0 aromatic heterocycles. The molecule has 2 aromatic carbocycles. The van der Waals surface area contributed by atoms with Crippen molar-refractivity contribution >= 4 is 22.4 Å². The second-order valence-electron chi connectivity index (χ2n) is 7.65. The van der Waals surface area contributed by atoms with Gasteiger partial charge in [0.2, 0.25) is 5.91 Å². The summed E-state index contributed by atoms with van der Waals surface area (Å²) in [6.45, 7) is 0.805. The number of nitrogens with zero attached hydrogens (tertiary/aromatic N) is 3. The van der Waals surface area contributed by atoms with Crippen molar-refractivity contribution in [2.75, 3.05) is 31.5 Å². The fraction of sp³-hybridized carbons (Fsp3) is 0.429. The van der Waals surface area contributed by atoms with Gasteiger partial charge < -0.3 is 10.2 Å². The molecule has 4 rings (SSSR count). The van der Waals surface area contributed by atoms with Crippen molar-refractivity contribution in [1.29, 1.82) is 5.26 Å². The van der Waals surface area contributed by atoms with E-state index in [4.69, 9.17) is 5.26 Å². The number of hydrogen-bond donors (Lipinski definition) is 1. The van der Waals surface area contributed by atoms with Gasteiger partial charge in [0.05, 0.1) is 19.2 Å². The second-order valence-corrected chi connectivity index (χ2v) is 7.65. The lowest BCUT2D eigenvalue weighted by Crippen LogP contribution is -2.43. The first kappa shape index (κ1) is 18.6. The van der Waals surface area contributed by atoms with Crippen molar-refractivity contribution in [3.8, 4) is 6.07 Å². The highest BCUT2D eigenvalue weighted by Crippen LogP contribution is 2.32. The van der Waals surface area contributed by atoms with E-state index in [9.17, 15) is 13.6 Å². The van der Waals surface area contributed by atoms with Crippen LogP contribution in [0.25, 0.3) is 10.8 Å². The molecule has 2 atom stereocenters. The van der Waals surface area contributed by atoms with Gasteiger partial charge in [-0.25, -0.2) is 8.78 Å². The van der Waals surface area contributed by atoms with E-state index in [-0.39, 0.29) is 12.6 Å². The Bertz CT molecular complexity index is 926. The lowest BCUT2D eigenvalue weighted by atomic mass is 10.1. The minimum atomic E-state index is -2.97. The fourth-order valence-corrected chi connectivity index (χ4v) is 4.09. The summed E-state index contributed by atoms with van der Waals surface area (Å²) < 4.78 is 27.1. The normalized spacial score (nSPS) is 24.4. The molecule has 0 aliphatic carbocycles. The van der Waals surface area contributed by atoms with Crippen LogP contribution >= 0.6 is 0 Å². The van der Waals surface area contributed by atoms with Crippen LogP contribution < -0.4 is 5.32 Å². The van der Waals surface area contributed by atoms with E-state index in [0.717, 1.165) is 28.9 Å². The molecule has 1 amide bonds. The van der Waals surface area contributed by atoms with Crippen LogP contribution in [0, 0.1) is 11.3 Å². The van der Waals surface area contributed by atoms with Crippen LogP contribution in [0.4, 0.5) is 14.5 Å². The van der Waals surface area contributed by atoms with Crippen molar-refractivity contribution in [2.24, 2.45) is 0 Å². The zero-order chi connectivity index (χ0) is 19.7. The third-order valence-corrected chi connectivity index (χ3v) is 5.49. The molecule has 2 aromatic rings. The van der Waals surface area contributed by atoms with Crippen LogP contribution in [0.15, 0.2) is 42.5 Å². The van der Waals surface area contributed by atoms with Crippen LogP contribution in [-0.2, 0) is 4.79 Å². The first-order valence-corrected chi connectivity index (χ1v) is 9.48. The lowest BCUT2D eigenvalue weighted by Gasteiger charge is -2.23. The maximum Gasteiger partial charge on any atom is 0.268 e. The van der Waals surface area contributed by atoms with Gasteiger partial charge in [0.1, 0.15) is 6.04 Å². The van der Waals surface area contributed by atoms with E-state index in [1.165, 1.54) is 5.39 Å². The molecule has 7 heteroatoms. The summed E-state index contributed by atoms with van der Waals surface area (Å²) in [5.41, 5.74) is 1.03. The molecule has 5 nitrogen and oxygen atoms in total. The zero-order valence-electron chi connectivity index (χ0n) is 15.4. The Balaban J connectivity index is 1.34. The minimum absolute atomic E-state index is 0.0736. The standard InChI is InChI=1S/C21H22F2N4O/c22-21(23)10-19(11-24)27(14-21)20(28)13-26-8-7-18(12-26)25-17-6-5-15-3-1-2-4-16(15)9-17/h1-6,9,18-19,25H,7-8,10,12-14H2. The molecule has 2 fully saturated rings. The summed E-state index contributed by atoms with van der Waals surface area (Å²) in [4.78, 5) is 15.4. The molecule has 0 radical (unpaired) electrons. The number of alkyl halides is 2. The monoisotopic (exact) mass is 384 g/mol. The predicted molar refractivity (Wildman–Crippen MR) is 103 cm³/mol. The number of halogens is 2. The number of nitriles is 1. The Morgan fingerprint density at radius 3 is 2.82 bits per heavy atom. The van der Waals surface area contributed by atoms with Crippen molar-refractivity contribution < 1.29 is 13.6 Å². The summed E-state index contributed by atoms with van der Waals surface area (Å²) in [5, 5.41) is 14.9. The maximum atomic E-state index is 13.6. The third-order valence-electron chi connectivity index (χ3n) is 5.49. The Hall–Kier alpha value is -2.72. The molecule has 0 spiro atoms. The molecule has 2 saturated heterocycles. The Morgan fingerprint density at radius 1 is 1.25 bits per heavy atom. The van der Waals surface area contributed by atoms with Crippen molar-refractivity contribution in [1.82, 2.24) is 9.80 Å². The topological polar surface area (TPSA) is 59.4 Å². The number of likely N-dealkylation sites (tertiary alicyclic amines) is 2. The molecule has 28 heavy (non-hydrogen) atoms. The fourth-order valence-electron chi connectivity index (χ4n) is 4.09. The summed E-state index contributed by atoms with van der Waals surface area (Å²) >= 11 is 0. The summed E-state index contributed by atoms with van der Waals surface area (Å²) in [7, 11) is 0. The molecule has 2 aliphatic heterocycles. The number of anilines is 1. The summed E-state index contributed by atoms with van der Waals surface area (Å²) in [6, 6.07) is 15.4. The predicted octanol–water partition coefficient (Wildman–Crippen LogP) is 3.09.